The van der Waals surface area contributed by atoms with E-state index in [0.29, 0.717) is 41.9 Å². The third-order valence-corrected chi connectivity index (χ3v) is 8.67. The zero-order valence-electron chi connectivity index (χ0n) is 21.6. The molecule has 7 nitrogen and oxygen atoms in total. The lowest BCUT2D eigenvalue weighted by atomic mass is 9.87. The largest absolute Gasteiger partial charge is 0.479 e. The first kappa shape index (κ1) is 29.4. The van der Waals surface area contributed by atoms with Gasteiger partial charge in [-0.25, -0.2) is 17.6 Å². The Kier molecular flexibility index (Phi) is 9.40. The van der Waals surface area contributed by atoms with Crippen molar-refractivity contribution in [3.63, 3.8) is 0 Å². The number of ether oxygens (including phenoxy) is 1. The fourth-order valence-corrected chi connectivity index (χ4v) is 5.82. The van der Waals surface area contributed by atoms with Crippen LogP contribution in [0.2, 0.25) is 5.02 Å². The van der Waals surface area contributed by atoms with Gasteiger partial charge in [0.2, 0.25) is 10.0 Å². The highest BCUT2D eigenvalue weighted by atomic mass is 35.5. The first-order valence-electron chi connectivity index (χ1n) is 12.1. The van der Waals surface area contributed by atoms with Crippen LogP contribution in [0.3, 0.4) is 0 Å². The van der Waals surface area contributed by atoms with Crippen LogP contribution in [0.1, 0.15) is 60.9 Å². The third-order valence-electron chi connectivity index (χ3n) is 6.58. The molecule has 1 aliphatic carbocycles. The number of aliphatic carboxylic acids is 1. The van der Waals surface area contributed by atoms with Gasteiger partial charge in [0.25, 0.3) is 0 Å². The Balaban J connectivity index is 1.90. The van der Waals surface area contributed by atoms with E-state index >= 15 is 0 Å². The molecule has 0 spiro atoms. The summed E-state index contributed by atoms with van der Waals surface area (Å²) in [7, 11) is -2.61. The van der Waals surface area contributed by atoms with Crippen molar-refractivity contribution >= 4 is 33.2 Å². The molecule has 0 radical (unpaired) electrons. The molecule has 2 aromatic rings. The molecule has 0 heterocycles. The van der Waals surface area contributed by atoms with E-state index in [1.54, 1.807) is 6.08 Å². The lowest BCUT2D eigenvalue weighted by molar-refractivity contribution is -0.139. The lowest BCUT2D eigenvalue weighted by Gasteiger charge is -2.33. The highest BCUT2D eigenvalue weighted by Crippen LogP contribution is 2.43. The predicted octanol–water partition coefficient (Wildman–Crippen LogP) is 5.77. The Labute approximate surface area is 228 Å². The van der Waals surface area contributed by atoms with Crippen LogP contribution in [-0.4, -0.2) is 37.5 Å². The summed E-state index contributed by atoms with van der Waals surface area (Å²) in [5, 5.41) is 8.69. The van der Waals surface area contributed by atoms with E-state index in [4.69, 9.17) is 27.2 Å². The van der Waals surface area contributed by atoms with Crippen LogP contribution < -0.4 is 10.5 Å². The van der Waals surface area contributed by atoms with Gasteiger partial charge in [-0.2, -0.15) is 4.31 Å². The monoisotopic (exact) mass is 562 g/mol. The van der Waals surface area contributed by atoms with Gasteiger partial charge in [-0.15, -0.1) is 0 Å². The molecule has 38 heavy (non-hydrogen) atoms. The molecule has 2 aromatic carbocycles. The molecule has 1 unspecified atom stereocenters. The van der Waals surface area contributed by atoms with Gasteiger partial charge >= 0.3 is 5.97 Å². The van der Waals surface area contributed by atoms with E-state index in [2.05, 4.69) is 20.4 Å². The lowest BCUT2D eigenvalue weighted by Crippen LogP contribution is -2.34. The predicted molar refractivity (Wildman–Crippen MR) is 148 cm³/mol. The van der Waals surface area contributed by atoms with Crippen LogP contribution in [-0.2, 0) is 21.2 Å². The number of allylic oxidation sites excluding steroid dienone is 3. The number of benzene rings is 2. The highest BCUT2D eigenvalue weighted by Gasteiger charge is 2.35. The summed E-state index contributed by atoms with van der Waals surface area (Å²) in [6.07, 6.45) is 5.80. The van der Waals surface area contributed by atoms with Gasteiger partial charge in [0.1, 0.15) is 0 Å². The number of hydrogen-bond donors (Lipinski definition) is 2. The van der Waals surface area contributed by atoms with Gasteiger partial charge < -0.3 is 15.6 Å². The van der Waals surface area contributed by atoms with E-state index in [9.17, 15) is 17.6 Å². The molecule has 0 amide bonds. The van der Waals surface area contributed by atoms with Crippen molar-refractivity contribution in [1.82, 2.24) is 4.31 Å². The summed E-state index contributed by atoms with van der Waals surface area (Å²) in [5.74, 6) is -2.08. The number of nitrogens with zero attached hydrogens (tertiary/aromatic N) is 1. The SMILES string of the molecule is C=C(/C=C\C(=C/N)c1cccc(C(C)C)c1)S(=O)(=O)N(C)C1CCCc2c1cc(Cl)c(F)c2OCC(=O)O. The molecule has 204 valence electrons. The Morgan fingerprint density at radius 1 is 1.34 bits per heavy atom. The summed E-state index contributed by atoms with van der Waals surface area (Å²) in [6, 6.07) is 8.54. The molecule has 1 aliphatic rings. The number of halogens is 2. The average Bonchev–Trinajstić information content (AvgIpc) is 2.88. The van der Waals surface area contributed by atoms with Crippen molar-refractivity contribution in [3.8, 4) is 5.75 Å². The van der Waals surface area contributed by atoms with Gasteiger partial charge in [-0.3, -0.25) is 0 Å². The molecule has 3 rings (SSSR count). The van der Waals surface area contributed by atoms with Crippen molar-refractivity contribution < 1.29 is 27.4 Å². The molecule has 1 atom stereocenters. The molecule has 3 N–H and O–H groups in total. The van der Waals surface area contributed by atoms with Crippen molar-refractivity contribution in [1.29, 1.82) is 0 Å². The standard InChI is InChI=1S/C28H32ClFN2O5S/c1-17(2)19-7-5-8-20(13-19)21(15-31)12-11-18(3)38(35,36)32(4)25-10-6-9-22-23(25)14-24(29)27(30)28(22)37-16-26(33)34/h5,7-8,11-15,17,25H,3,6,9-10,16,31H2,1-2,4H3,(H,33,34)/b12-11-,21-15+. The number of fused-ring (bicyclic) bond motifs is 1. The number of carboxylic acids is 1. The molecule has 10 heteroatoms. The van der Waals surface area contributed by atoms with E-state index in [-0.39, 0.29) is 15.7 Å². The quantitative estimate of drug-likeness (QED) is 0.355. The van der Waals surface area contributed by atoms with Crippen molar-refractivity contribution in [2.75, 3.05) is 13.7 Å². The van der Waals surface area contributed by atoms with Crippen molar-refractivity contribution in [3.05, 3.63) is 93.3 Å². The fourth-order valence-electron chi connectivity index (χ4n) is 4.45. The minimum absolute atomic E-state index is 0.151. The topological polar surface area (TPSA) is 110 Å². The minimum atomic E-state index is -4.04. The van der Waals surface area contributed by atoms with Gasteiger partial charge in [0.05, 0.1) is 16.0 Å². The van der Waals surface area contributed by atoms with Gasteiger partial charge in [0, 0.05) is 18.8 Å². The van der Waals surface area contributed by atoms with Crippen LogP contribution in [0.25, 0.3) is 5.57 Å². The summed E-state index contributed by atoms with van der Waals surface area (Å²) in [6.45, 7) is 7.19. The summed E-state index contributed by atoms with van der Waals surface area (Å²) < 4.78 is 48.1. The second-order valence-corrected chi connectivity index (χ2v) is 11.8. The van der Waals surface area contributed by atoms with E-state index in [1.807, 2.05) is 24.3 Å². The summed E-state index contributed by atoms with van der Waals surface area (Å²) >= 11 is 6.09. The van der Waals surface area contributed by atoms with Crippen LogP contribution >= 0.6 is 11.6 Å². The Morgan fingerprint density at radius 2 is 2.05 bits per heavy atom. The van der Waals surface area contributed by atoms with Crippen molar-refractivity contribution in [2.45, 2.75) is 45.1 Å². The molecule has 0 aromatic heterocycles. The highest BCUT2D eigenvalue weighted by molar-refractivity contribution is 7.93. The second kappa shape index (κ2) is 12.1. The first-order valence-corrected chi connectivity index (χ1v) is 13.9. The van der Waals surface area contributed by atoms with Gasteiger partial charge in [-0.1, -0.05) is 62.4 Å². The first-order chi connectivity index (χ1) is 17.9. The van der Waals surface area contributed by atoms with Crippen LogP contribution in [0, 0.1) is 5.82 Å². The van der Waals surface area contributed by atoms with Gasteiger partial charge in [0.15, 0.2) is 18.2 Å². The van der Waals surface area contributed by atoms with E-state index < -0.39 is 34.5 Å². The number of nitrogens with two attached hydrogens (primary N) is 1. The summed E-state index contributed by atoms with van der Waals surface area (Å²) in [5.41, 5.74) is 9.33. The maximum absolute atomic E-state index is 14.7. The second-order valence-electron chi connectivity index (χ2n) is 9.38. The Bertz CT molecular complexity index is 1400. The van der Waals surface area contributed by atoms with Gasteiger partial charge in [-0.05, 0) is 59.6 Å². The average molecular weight is 563 g/mol. The van der Waals surface area contributed by atoms with E-state index in [0.717, 1.165) is 11.1 Å². The smallest absolute Gasteiger partial charge is 0.341 e. The number of hydrogen-bond acceptors (Lipinski definition) is 5. The molecule has 0 saturated carbocycles. The maximum atomic E-state index is 14.7. The minimum Gasteiger partial charge on any atom is -0.479 e. The third kappa shape index (κ3) is 6.28. The number of carboxylic acid groups (broad SMARTS) is 1. The van der Waals surface area contributed by atoms with Crippen LogP contribution in [0.15, 0.2) is 60.2 Å². The van der Waals surface area contributed by atoms with Crippen LogP contribution in [0.5, 0.6) is 5.75 Å². The van der Waals surface area contributed by atoms with Crippen LogP contribution in [0.4, 0.5) is 4.39 Å². The zero-order valence-corrected chi connectivity index (χ0v) is 23.2. The normalized spacial score (nSPS) is 16.2. The maximum Gasteiger partial charge on any atom is 0.341 e. The molecular weight excluding hydrogens is 531 g/mol. The fraction of sp³-hybridized carbons (Fsp3) is 0.321. The Morgan fingerprint density at radius 3 is 2.68 bits per heavy atom. The molecule has 0 bridgehead atoms. The van der Waals surface area contributed by atoms with Crippen molar-refractivity contribution in [2.24, 2.45) is 5.73 Å². The number of rotatable bonds is 10. The molecular formula is C28H32ClFN2O5S. The van der Waals surface area contributed by atoms with E-state index in [1.165, 1.54) is 29.7 Å². The zero-order chi connectivity index (χ0) is 28.2. The number of sulfonamides is 1. The number of carbonyl (C=O) groups is 1. The summed E-state index contributed by atoms with van der Waals surface area (Å²) in [4.78, 5) is 10.8. The Hall–Kier alpha value is -3.14. The molecule has 0 fully saturated rings. The molecule has 0 saturated heterocycles. The molecule has 0 aliphatic heterocycles.